The molecule has 0 heterocycles. The Hall–Kier alpha value is -2.97. The van der Waals surface area contributed by atoms with E-state index in [0.29, 0.717) is 36.7 Å². The summed E-state index contributed by atoms with van der Waals surface area (Å²) in [5, 5.41) is 2.50. The Morgan fingerprint density at radius 3 is 2.29 bits per heavy atom. The van der Waals surface area contributed by atoms with Gasteiger partial charge in [0, 0.05) is 17.7 Å². The Morgan fingerprint density at radius 1 is 0.935 bits per heavy atom. The van der Waals surface area contributed by atoms with Crippen LogP contribution < -0.4 is 20.9 Å². The van der Waals surface area contributed by atoms with Gasteiger partial charge in [0.15, 0.2) is 5.11 Å². The minimum atomic E-state index is -0.420. The van der Waals surface area contributed by atoms with Crippen molar-refractivity contribution in [2.24, 2.45) is 0 Å². The van der Waals surface area contributed by atoms with Gasteiger partial charge >= 0.3 is 0 Å². The van der Waals surface area contributed by atoms with E-state index in [1.165, 1.54) is 0 Å². The van der Waals surface area contributed by atoms with Crippen molar-refractivity contribution >= 4 is 29.1 Å². The second kappa shape index (κ2) is 11.4. The third kappa shape index (κ3) is 7.99. The Balaban J connectivity index is 1.84. The summed E-state index contributed by atoms with van der Waals surface area (Å²) in [5.41, 5.74) is 7.01. The van der Waals surface area contributed by atoms with Crippen LogP contribution in [0.1, 0.15) is 54.0 Å². The lowest BCUT2D eigenvalue weighted by Gasteiger charge is -2.19. The molecule has 0 unspecified atom stereocenters. The first-order chi connectivity index (χ1) is 14.7. The molecule has 3 N–H and O–H groups in total. The predicted molar refractivity (Wildman–Crippen MR) is 124 cm³/mol. The van der Waals surface area contributed by atoms with E-state index >= 15 is 0 Å². The Kier molecular flexibility index (Phi) is 8.96. The fourth-order valence-electron chi connectivity index (χ4n) is 2.60. The maximum absolute atomic E-state index is 12.4. The summed E-state index contributed by atoms with van der Waals surface area (Å²) in [6, 6.07) is 14.0. The summed E-state index contributed by atoms with van der Waals surface area (Å²) in [6.07, 6.45) is 0. The molecule has 166 valence electrons. The lowest BCUT2D eigenvalue weighted by atomic mass is 9.87. The number of carbonyl (C=O) groups is 2. The number of hydrogen-bond acceptors (Lipinski definition) is 5. The van der Waals surface area contributed by atoms with E-state index in [0.717, 1.165) is 5.56 Å². The van der Waals surface area contributed by atoms with Gasteiger partial charge in [0.1, 0.15) is 12.4 Å². The van der Waals surface area contributed by atoms with Gasteiger partial charge in [-0.05, 0) is 60.5 Å². The maximum atomic E-state index is 12.4. The second-order valence-electron chi connectivity index (χ2n) is 7.76. The predicted octanol–water partition coefficient (Wildman–Crippen LogP) is 3.35. The molecule has 0 spiro atoms. The van der Waals surface area contributed by atoms with Crippen molar-refractivity contribution in [1.82, 2.24) is 16.2 Å². The molecular formula is C23H29N3O4S. The molecule has 31 heavy (non-hydrogen) atoms. The van der Waals surface area contributed by atoms with Crippen LogP contribution in [0.5, 0.6) is 5.75 Å². The molecule has 2 aromatic carbocycles. The fourth-order valence-corrected chi connectivity index (χ4v) is 2.75. The quantitative estimate of drug-likeness (QED) is 0.346. The number of carbonyl (C=O) groups excluding carboxylic acids is 2. The lowest BCUT2D eigenvalue weighted by molar-refractivity contribution is 0.0934. The Labute approximate surface area is 188 Å². The smallest absolute Gasteiger partial charge is 0.269 e. The number of nitrogens with one attached hydrogen (secondary N) is 3. The molecule has 0 radical (unpaired) electrons. The highest BCUT2D eigenvalue weighted by atomic mass is 32.1. The monoisotopic (exact) mass is 443 g/mol. The van der Waals surface area contributed by atoms with E-state index in [-0.39, 0.29) is 16.4 Å². The normalized spacial score (nSPS) is 10.8. The number of rotatable bonds is 7. The molecule has 0 bridgehead atoms. The summed E-state index contributed by atoms with van der Waals surface area (Å²) in [6.45, 7) is 9.71. The minimum Gasteiger partial charge on any atom is -0.491 e. The summed E-state index contributed by atoms with van der Waals surface area (Å²) in [7, 11) is 0. The number of hydrogen-bond donors (Lipinski definition) is 3. The van der Waals surface area contributed by atoms with E-state index < -0.39 is 5.91 Å². The molecule has 2 amide bonds. The van der Waals surface area contributed by atoms with Crippen LogP contribution in [-0.2, 0) is 10.2 Å². The van der Waals surface area contributed by atoms with Crippen LogP contribution in [0.3, 0.4) is 0 Å². The van der Waals surface area contributed by atoms with Crippen molar-refractivity contribution in [3.05, 3.63) is 65.2 Å². The van der Waals surface area contributed by atoms with Gasteiger partial charge in [-0.3, -0.25) is 25.8 Å². The number of amides is 2. The van der Waals surface area contributed by atoms with Crippen LogP contribution in [0.15, 0.2) is 48.5 Å². The van der Waals surface area contributed by atoms with E-state index in [4.69, 9.17) is 21.7 Å². The third-order valence-corrected chi connectivity index (χ3v) is 4.53. The molecule has 7 nitrogen and oxygen atoms in total. The first-order valence-electron chi connectivity index (χ1n) is 10.0. The molecule has 2 aromatic rings. The third-order valence-electron chi connectivity index (χ3n) is 4.33. The summed E-state index contributed by atoms with van der Waals surface area (Å²) in [4.78, 5) is 24.7. The molecule has 0 saturated carbocycles. The standard InChI is InChI=1S/C23H29N3O4S/c1-5-29-13-14-30-19-8-6-7-17(15-19)20(27)24-22(31)26-25-21(28)16-9-11-18(12-10-16)23(2,3)4/h6-12,15H,5,13-14H2,1-4H3,(H,25,28)(H2,24,26,27,31). The number of thiocarbonyl (C=S) groups is 1. The van der Waals surface area contributed by atoms with E-state index in [1.54, 1.807) is 36.4 Å². The average molecular weight is 444 g/mol. The molecule has 0 aliphatic heterocycles. The van der Waals surface area contributed by atoms with Crippen LogP contribution in [0.2, 0.25) is 0 Å². The molecule has 0 aromatic heterocycles. The molecule has 2 rings (SSSR count). The van der Waals surface area contributed by atoms with Crippen molar-refractivity contribution in [3.8, 4) is 5.75 Å². The molecule has 0 aliphatic carbocycles. The zero-order chi connectivity index (χ0) is 22.9. The number of hydrazine groups is 1. The summed E-state index contributed by atoms with van der Waals surface area (Å²) in [5.74, 6) is -0.225. The molecule has 0 aliphatic rings. The van der Waals surface area contributed by atoms with E-state index in [1.807, 2.05) is 19.1 Å². The molecule has 0 fully saturated rings. The van der Waals surface area contributed by atoms with Crippen LogP contribution in [0, 0.1) is 0 Å². The topological polar surface area (TPSA) is 88.7 Å². The SMILES string of the molecule is CCOCCOc1cccc(C(=O)NC(=S)NNC(=O)c2ccc(C(C)(C)C)cc2)c1. The van der Waals surface area contributed by atoms with Crippen molar-refractivity contribution < 1.29 is 19.1 Å². The van der Waals surface area contributed by atoms with Gasteiger partial charge in [0.25, 0.3) is 11.8 Å². The zero-order valence-corrected chi connectivity index (χ0v) is 19.1. The van der Waals surface area contributed by atoms with Crippen molar-refractivity contribution in [2.75, 3.05) is 19.8 Å². The minimum absolute atomic E-state index is 0.00469. The van der Waals surface area contributed by atoms with Gasteiger partial charge in [-0.2, -0.15) is 0 Å². The van der Waals surface area contributed by atoms with Gasteiger partial charge in [0.2, 0.25) is 0 Å². The van der Waals surface area contributed by atoms with Gasteiger partial charge in [-0.25, -0.2) is 0 Å². The van der Waals surface area contributed by atoms with Crippen molar-refractivity contribution in [1.29, 1.82) is 0 Å². The Bertz CT molecular complexity index is 908. The van der Waals surface area contributed by atoms with Crippen LogP contribution in [0.25, 0.3) is 0 Å². The van der Waals surface area contributed by atoms with Gasteiger partial charge in [-0.15, -0.1) is 0 Å². The van der Waals surface area contributed by atoms with Crippen LogP contribution in [-0.4, -0.2) is 36.7 Å². The van der Waals surface area contributed by atoms with Crippen molar-refractivity contribution in [3.63, 3.8) is 0 Å². The fraction of sp³-hybridized carbons (Fsp3) is 0.348. The highest BCUT2D eigenvalue weighted by Crippen LogP contribution is 2.22. The summed E-state index contributed by atoms with van der Waals surface area (Å²) >= 11 is 5.09. The first-order valence-corrected chi connectivity index (χ1v) is 10.4. The number of benzene rings is 2. The summed E-state index contributed by atoms with van der Waals surface area (Å²) < 4.78 is 10.8. The van der Waals surface area contributed by atoms with Gasteiger partial charge in [0.05, 0.1) is 6.61 Å². The highest BCUT2D eigenvalue weighted by Gasteiger charge is 2.15. The maximum Gasteiger partial charge on any atom is 0.269 e. The van der Waals surface area contributed by atoms with E-state index in [2.05, 4.69) is 36.9 Å². The lowest BCUT2D eigenvalue weighted by Crippen LogP contribution is -2.48. The number of ether oxygens (including phenoxy) is 2. The molecule has 0 atom stereocenters. The molecule has 8 heteroatoms. The largest absolute Gasteiger partial charge is 0.491 e. The van der Waals surface area contributed by atoms with Gasteiger partial charge in [-0.1, -0.05) is 39.0 Å². The first kappa shape index (κ1) is 24.3. The van der Waals surface area contributed by atoms with Crippen LogP contribution in [0.4, 0.5) is 0 Å². The average Bonchev–Trinajstić information content (AvgIpc) is 2.74. The highest BCUT2D eigenvalue weighted by molar-refractivity contribution is 7.80. The van der Waals surface area contributed by atoms with Crippen molar-refractivity contribution in [2.45, 2.75) is 33.1 Å². The zero-order valence-electron chi connectivity index (χ0n) is 18.3. The Morgan fingerprint density at radius 2 is 1.65 bits per heavy atom. The van der Waals surface area contributed by atoms with Crippen LogP contribution >= 0.6 is 12.2 Å². The van der Waals surface area contributed by atoms with E-state index in [9.17, 15) is 9.59 Å². The molecular weight excluding hydrogens is 414 g/mol. The molecule has 0 saturated heterocycles. The second-order valence-corrected chi connectivity index (χ2v) is 8.17. The van der Waals surface area contributed by atoms with Gasteiger partial charge < -0.3 is 9.47 Å².